The van der Waals surface area contributed by atoms with Gasteiger partial charge >= 0.3 is 0 Å². The number of Topliss-reactive ketones (excluding diaryl/α,β-unsaturated/α-hetero) is 1. The normalized spacial score (nSPS) is 22.3. The molecule has 0 unspecified atom stereocenters. The Morgan fingerprint density at radius 3 is 2.58 bits per heavy atom. The van der Waals surface area contributed by atoms with Crippen LogP contribution < -0.4 is 4.90 Å². The number of rotatable bonds is 4. The van der Waals surface area contributed by atoms with Gasteiger partial charge in [-0.2, -0.15) is 0 Å². The maximum atomic E-state index is 13.0. The summed E-state index contributed by atoms with van der Waals surface area (Å²) in [4.78, 5) is 37.6. The molecule has 128 valence electrons. The number of nitrogens with zero attached hydrogens (tertiary/aromatic N) is 2. The molecule has 0 aromatic heterocycles. The number of hydrogen-bond acceptors (Lipinski definition) is 4. The van der Waals surface area contributed by atoms with Crippen LogP contribution in [0.25, 0.3) is 0 Å². The van der Waals surface area contributed by atoms with E-state index in [9.17, 15) is 19.7 Å². The first kappa shape index (κ1) is 16.6. The van der Waals surface area contributed by atoms with Crippen LogP contribution in [0.2, 0.25) is 0 Å². The molecule has 3 rings (SSSR count). The monoisotopic (exact) mass is 330 g/mol. The van der Waals surface area contributed by atoms with E-state index in [2.05, 4.69) is 0 Å². The predicted octanol–water partition coefficient (Wildman–Crippen LogP) is 3.08. The van der Waals surface area contributed by atoms with Crippen molar-refractivity contribution in [3.05, 3.63) is 39.9 Å². The van der Waals surface area contributed by atoms with Crippen LogP contribution in [0.1, 0.15) is 49.4 Å². The van der Waals surface area contributed by atoms with Gasteiger partial charge in [0, 0.05) is 17.4 Å². The van der Waals surface area contributed by atoms with E-state index in [0.29, 0.717) is 11.3 Å². The lowest BCUT2D eigenvalue weighted by Crippen LogP contribution is -2.49. The van der Waals surface area contributed by atoms with Gasteiger partial charge in [0.1, 0.15) is 6.04 Å². The van der Waals surface area contributed by atoms with E-state index in [-0.39, 0.29) is 29.1 Å². The van der Waals surface area contributed by atoms with Crippen LogP contribution in [0.3, 0.4) is 0 Å². The molecule has 0 spiro atoms. The summed E-state index contributed by atoms with van der Waals surface area (Å²) in [5.41, 5.74) is 1.09. The Kier molecular flexibility index (Phi) is 4.64. The summed E-state index contributed by atoms with van der Waals surface area (Å²) in [5.74, 6) is -0.695. The van der Waals surface area contributed by atoms with E-state index in [1.165, 1.54) is 11.8 Å². The fourth-order valence-electron chi connectivity index (χ4n) is 4.31. The minimum Gasteiger partial charge on any atom is -0.300 e. The van der Waals surface area contributed by atoms with Crippen LogP contribution in [0.4, 0.5) is 5.69 Å². The molecule has 0 bridgehead atoms. The molecule has 1 aromatic carbocycles. The molecule has 1 saturated carbocycles. The third-order valence-corrected chi connectivity index (χ3v) is 5.34. The number of anilines is 1. The molecule has 2 atom stereocenters. The second-order valence-electron chi connectivity index (χ2n) is 6.79. The fourth-order valence-corrected chi connectivity index (χ4v) is 4.31. The van der Waals surface area contributed by atoms with Crippen molar-refractivity contribution in [1.82, 2.24) is 0 Å². The van der Waals surface area contributed by atoms with Crippen molar-refractivity contribution in [3.8, 4) is 0 Å². The molecule has 6 heteroatoms. The fraction of sp³-hybridized carbons (Fsp3) is 0.556. The molecule has 24 heavy (non-hydrogen) atoms. The number of ketones is 1. The smallest absolute Gasteiger partial charge is 0.224 e. The van der Waals surface area contributed by atoms with Crippen molar-refractivity contribution in [2.24, 2.45) is 11.8 Å². The number of hydrogen-bond donors (Lipinski definition) is 0. The first-order valence-electron chi connectivity index (χ1n) is 8.55. The molecule has 1 aliphatic carbocycles. The third kappa shape index (κ3) is 2.92. The average Bonchev–Trinajstić information content (AvgIpc) is 2.87. The molecule has 6 nitrogen and oxygen atoms in total. The molecule has 0 N–H and O–H groups in total. The Morgan fingerprint density at radius 1 is 1.29 bits per heavy atom. The Hall–Kier alpha value is -2.24. The number of carbonyl (C=O) groups is 2. The molecule has 1 fully saturated rings. The lowest BCUT2D eigenvalue weighted by Gasteiger charge is -2.35. The number of fused-ring (bicyclic) bond motifs is 1. The van der Waals surface area contributed by atoms with E-state index in [4.69, 9.17) is 0 Å². The van der Waals surface area contributed by atoms with Gasteiger partial charge in [0.2, 0.25) is 12.5 Å². The van der Waals surface area contributed by atoms with Crippen LogP contribution in [0, 0.1) is 22.0 Å². The number of amides is 1. The topological polar surface area (TPSA) is 80.5 Å². The molecule has 1 aliphatic heterocycles. The van der Waals surface area contributed by atoms with Gasteiger partial charge < -0.3 is 4.90 Å². The first-order chi connectivity index (χ1) is 11.5. The molecule has 2 aliphatic rings. The Bertz CT molecular complexity index is 667. The first-order valence-corrected chi connectivity index (χ1v) is 8.55. The van der Waals surface area contributed by atoms with Gasteiger partial charge in [-0.25, -0.2) is 0 Å². The highest BCUT2D eigenvalue weighted by Crippen LogP contribution is 2.41. The Balaban J connectivity index is 2.00. The lowest BCUT2D eigenvalue weighted by molar-refractivity contribution is -0.490. The molecule has 1 heterocycles. The minimum absolute atomic E-state index is 0.120. The van der Waals surface area contributed by atoms with Crippen molar-refractivity contribution in [2.75, 3.05) is 11.4 Å². The SMILES string of the molecule is CC(=O)N1c2ccccc2C(=O)[C@@H]1[C@H](C[N+](=O)[O-])C1CCCCC1. The maximum Gasteiger partial charge on any atom is 0.224 e. The lowest BCUT2D eigenvalue weighted by atomic mass is 9.75. The van der Waals surface area contributed by atoms with Gasteiger partial charge in [-0.15, -0.1) is 0 Å². The molecule has 1 amide bonds. The van der Waals surface area contributed by atoms with E-state index < -0.39 is 12.0 Å². The van der Waals surface area contributed by atoms with Crippen LogP contribution in [-0.2, 0) is 4.79 Å². The van der Waals surface area contributed by atoms with E-state index in [1.54, 1.807) is 24.3 Å². The number of nitro groups is 1. The number of carbonyl (C=O) groups excluding carboxylic acids is 2. The standard InChI is InChI=1S/C18H22N2O4/c1-12(21)20-16-10-6-5-9-14(16)18(22)17(20)15(11-19(23)24)13-7-3-2-4-8-13/h5-6,9-10,13,15,17H,2-4,7-8,11H2,1H3/t15-,17+/m1/s1. The zero-order chi connectivity index (χ0) is 17.3. The molecule has 1 aromatic rings. The summed E-state index contributed by atoms with van der Waals surface area (Å²) in [7, 11) is 0. The van der Waals surface area contributed by atoms with Crippen molar-refractivity contribution in [2.45, 2.75) is 45.1 Å². The summed E-state index contributed by atoms with van der Waals surface area (Å²) in [6, 6.07) is 6.26. The van der Waals surface area contributed by atoms with Gasteiger partial charge in [-0.05, 0) is 30.9 Å². The summed E-state index contributed by atoms with van der Waals surface area (Å²) in [6.45, 7) is 1.16. The van der Waals surface area contributed by atoms with Crippen LogP contribution in [-0.4, -0.2) is 29.2 Å². The maximum absolute atomic E-state index is 13.0. The summed E-state index contributed by atoms with van der Waals surface area (Å²) >= 11 is 0. The Morgan fingerprint density at radius 2 is 1.96 bits per heavy atom. The highest BCUT2D eigenvalue weighted by Gasteiger charge is 2.48. The highest BCUT2D eigenvalue weighted by atomic mass is 16.6. The third-order valence-electron chi connectivity index (χ3n) is 5.34. The van der Waals surface area contributed by atoms with Gasteiger partial charge in [-0.3, -0.25) is 19.7 Å². The molecule has 0 saturated heterocycles. The predicted molar refractivity (Wildman–Crippen MR) is 89.6 cm³/mol. The van der Waals surface area contributed by atoms with E-state index in [0.717, 1.165) is 32.1 Å². The Labute approximate surface area is 141 Å². The van der Waals surface area contributed by atoms with Crippen LogP contribution in [0.5, 0.6) is 0 Å². The molecular formula is C18H22N2O4. The van der Waals surface area contributed by atoms with Gasteiger partial charge in [-0.1, -0.05) is 31.4 Å². The van der Waals surface area contributed by atoms with Crippen LogP contribution in [0.15, 0.2) is 24.3 Å². The van der Waals surface area contributed by atoms with Crippen LogP contribution >= 0.6 is 0 Å². The summed E-state index contributed by atoms with van der Waals surface area (Å²) < 4.78 is 0. The van der Waals surface area contributed by atoms with Crippen molar-refractivity contribution < 1.29 is 14.5 Å². The van der Waals surface area contributed by atoms with Gasteiger partial charge in [0.15, 0.2) is 5.78 Å². The largest absolute Gasteiger partial charge is 0.300 e. The van der Waals surface area contributed by atoms with E-state index in [1.807, 2.05) is 0 Å². The highest BCUT2D eigenvalue weighted by molar-refractivity contribution is 6.17. The minimum atomic E-state index is -0.742. The van der Waals surface area contributed by atoms with Crippen molar-refractivity contribution in [1.29, 1.82) is 0 Å². The number of para-hydroxylation sites is 1. The average molecular weight is 330 g/mol. The summed E-state index contributed by atoms with van der Waals surface area (Å²) in [6.07, 6.45) is 4.99. The molecular weight excluding hydrogens is 308 g/mol. The zero-order valence-corrected chi connectivity index (χ0v) is 13.8. The number of benzene rings is 1. The van der Waals surface area contributed by atoms with Gasteiger partial charge in [0.25, 0.3) is 0 Å². The van der Waals surface area contributed by atoms with Crippen molar-refractivity contribution >= 4 is 17.4 Å². The summed E-state index contributed by atoms with van der Waals surface area (Å²) in [5, 5.41) is 11.3. The quantitative estimate of drug-likeness (QED) is 0.627. The zero-order valence-electron chi connectivity index (χ0n) is 13.8. The van der Waals surface area contributed by atoms with Gasteiger partial charge in [0.05, 0.1) is 11.6 Å². The second-order valence-corrected chi connectivity index (χ2v) is 6.79. The second kappa shape index (κ2) is 6.71. The van der Waals surface area contributed by atoms with Crippen molar-refractivity contribution in [3.63, 3.8) is 0 Å². The van der Waals surface area contributed by atoms with E-state index >= 15 is 0 Å². The molecule has 0 radical (unpaired) electrons.